The summed E-state index contributed by atoms with van der Waals surface area (Å²) in [7, 11) is 1.63. The summed E-state index contributed by atoms with van der Waals surface area (Å²) in [6.45, 7) is 10.4. The summed E-state index contributed by atoms with van der Waals surface area (Å²) in [4.78, 5) is 27.3. The predicted molar refractivity (Wildman–Crippen MR) is 134 cm³/mol. The van der Waals surface area contributed by atoms with Gasteiger partial charge in [0.1, 0.15) is 17.9 Å². The molecule has 0 spiro atoms. The molecule has 198 valence electrons. The molecule has 0 amide bonds. The molecule has 2 aromatic heterocycles. The summed E-state index contributed by atoms with van der Waals surface area (Å²) < 4.78 is 19.0. The molecule has 0 atom stereocenters. The van der Waals surface area contributed by atoms with Crippen LogP contribution in [-0.2, 0) is 16.7 Å². The van der Waals surface area contributed by atoms with Gasteiger partial charge in [-0.05, 0) is 24.5 Å². The first-order valence-electron chi connectivity index (χ1n) is 12.0. The van der Waals surface area contributed by atoms with E-state index in [1.807, 2.05) is 12.1 Å². The lowest BCUT2D eigenvalue weighted by Gasteiger charge is -2.33. The Labute approximate surface area is 213 Å². The summed E-state index contributed by atoms with van der Waals surface area (Å²) in [6.07, 6.45) is 0. The number of methoxy groups -OCH3 is 1. The highest BCUT2D eigenvalue weighted by atomic mass is 16.5. The van der Waals surface area contributed by atoms with Gasteiger partial charge in [-0.25, -0.2) is 9.48 Å². The number of carboxylic acid groups (broad SMARTS) is 1. The largest absolute Gasteiger partial charge is 0.494 e. The molecular weight excluding hydrogens is 480 g/mol. The summed E-state index contributed by atoms with van der Waals surface area (Å²) in [5, 5.41) is 26.4. The maximum absolute atomic E-state index is 13.5. The quantitative estimate of drug-likeness (QED) is 0.434. The fourth-order valence-corrected chi connectivity index (χ4v) is 4.27. The van der Waals surface area contributed by atoms with E-state index in [0.717, 1.165) is 21.5 Å². The Hall–Kier alpha value is -3.93. The molecule has 1 saturated heterocycles. The lowest BCUT2D eigenvalue weighted by molar-refractivity contribution is 0.0690. The molecule has 1 aromatic carbocycles. The highest BCUT2D eigenvalue weighted by molar-refractivity contribution is 5.98. The Morgan fingerprint density at radius 3 is 2.46 bits per heavy atom. The third-order valence-corrected chi connectivity index (χ3v) is 6.14. The minimum atomic E-state index is -1.22. The molecule has 12 heteroatoms. The zero-order valence-electron chi connectivity index (χ0n) is 21.7. The van der Waals surface area contributed by atoms with Gasteiger partial charge in [0, 0.05) is 30.3 Å². The zero-order valence-corrected chi connectivity index (χ0v) is 21.7. The van der Waals surface area contributed by atoms with Gasteiger partial charge in [-0.2, -0.15) is 4.52 Å². The minimum Gasteiger partial charge on any atom is -0.494 e. The topological polar surface area (TPSA) is 144 Å². The van der Waals surface area contributed by atoms with Gasteiger partial charge in [-0.3, -0.25) is 10.2 Å². The molecule has 12 nitrogen and oxygen atoms in total. The van der Waals surface area contributed by atoms with Gasteiger partial charge >= 0.3 is 5.97 Å². The second kappa shape index (κ2) is 10.2. The van der Waals surface area contributed by atoms with Crippen LogP contribution in [0.1, 0.15) is 54.0 Å². The van der Waals surface area contributed by atoms with Crippen LogP contribution in [0.3, 0.4) is 0 Å². The van der Waals surface area contributed by atoms with Crippen LogP contribution in [0.5, 0.6) is 11.6 Å². The van der Waals surface area contributed by atoms with Crippen LogP contribution in [0.25, 0.3) is 5.65 Å². The van der Waals surface area contributed by atoms with Crippen molar-refractivity contribution in [2.24, 2.45) is 0 Å². The number of fused-ring (bicyclic) bond motifs is 1. The highest BCUT2D eigenvalue weighted by Crippen LogP contribution is 2.40. The van der Waals surface area contributed by atoms with Gasteiger partial charge in [-0.1, -0.05) is 20.8 Å². The van der Waals surface area contributed by atoms with Crippen molar-refractivity contribution in [2.75, 3.05) is 44.9 Å². The molecule has 4 rings (SSSR count). The number of benzene rings is 1. The first-order valence-corrected chi connectivity index (χ1v) is 12.0. The molecule has 3 aromatic rings. The number of nitrogens with zero attached hydrogens (tertiary/aromatic N) is 5. The lowest BCUT2D eigenvalue weighted by Crippen LogP contribution is -2.37. The smallest absolute Gasteiger partial charge is 0.341 e. The molecule has 2 N–H and O–H groups in total. The molecular formula is C25H32N6O6. The lowest BCUT2D eigenvalue weighted by atomic mass is 9.84. The number of carboxylic acids is 1. The van der Waals surface area contributed by atoms with Crippen LogP contribution >= 0.6 is 0 Å². The van der Waals surface area contributed by atoms with E-state index in [4.69, 9.17) is 19.6 Å². The average Bonchev–Trinajstić information content (AvgIpc) is 3.16. The zero-order chi connectivity index (χ0) is 26.9. The van der Waals surface area contributed by atoms with Gasteiger partial charge in [0.15, 0.2) is 11.4 Å². The molecule has 0 radical (unpaired) electrons. The van der Waals surface area contributed by atoms with Crippen LogP contribution in [0, 0.1) is 5.41 Å². The predicted octanol–water partition coefficient (Wildman–Crippen LogP) is 2.13. The third kappa shape index (κ3) is 5.15. The second-order valence-corrected chi connectivity index (χ2v) is 9.70. The fourth-order valence-electron chi connectivity index (χ4n) is 4.27. The van der Waals surface area contributed by atoms with E-state index in [9.17, 15) is 14.7 Å². The van der Waals surface area contributed by atoms with Crippen LogP contribution in [0.4, 0.5) is 5.69 Å². The van der Waals surface area contributed by atoms with Crippen molar-refractivity contribution in [2.45, 2.75) is 39.7 Å². The Morgan fingerprint density at radius 2 is 1.86 bits per heavy atom. The van der Waals surface area contributed by atoms with Crippen LogP contribution in [-0.4, -0.2) is 76.3 Å². The number of rotatable bonds is 8. The normalized spacial score (nSPS) is 14.1. The number of ketones is 1. The Kier molecular flexibility index (Phi) is 7.21. The minimum absolute atomic E-state index is 0.119. The van der Waals surface area contributed by atoms with E-state index in [2.05, 4.69) is 35.9 Å². The summed E-state index contributed by atoms with van der Waals surface area (Å²) in [5.74, 6) is -0.874. The average molecular weight is 513 g/mol. The first-order chi connectivity index (χ1) is 17.5. The van der Waals surface area contributed by atoms with E-state index in [1.165, 1.54) is 10.7 Å². The maximum atomic E-state index is 13.5. The standard InChI is InChI=1S/C25H32N6O6/c1-6-37-22-16(23(33)34)13-20-27-30(24(26)31(20)28-22)14-19(32)15-11-17(25(2,3)4)21(35-5)18(12-15)29-7-9-36-10-8-29/h11-13,26H,6-10,14H2,1-5H3,(H,33,34). The van der Waals surface area contributed by atoms with E-state index in [0.29, 0.717) is 31.9 Å². The fraction of sp³-hybridized carbons (Fsp3) is 0.480. The number of Topliss-reactive ketones (excluding diaryl/α,β-unsaturated/α-hetero) is 1. The monoisotopic (exact) mass is 512 g/mol. The highest BCUT2D eigenvalue weighted by Gasteiger charge is 2.27. The Morgan fingerprint density at radius 1 is 1.16 bits per heavy atom. The summed E-state index contributed by atoms with van der Waals surface area (Å²) >= 11 is 0. The van der Waals surface area contributed by atoms with Crippen molar-refractivity contribution >= 4 is 23.1 Å². The number of carbonyl (C=O) groups is 2. The number of morpholine rings is 1. The molecule has 37 heavy (non-hydrogen) atoms. The number of aromatic nitrogens is 4. The summed E-state index contributed by atoms with van der Waals surface area (Å²) in [5.41, 5.74) is 1.65. The van der Waals surface area contributed by atoms with Gasteiger partial charge < -0.3 is 24.2 Å². The van der Waals surface area contributed by atoms with Gasteiger partial charge in [0.05, 0.1) is 32.6 Å². The molecule has 1 aliphatic heterocycles. The Bertz CT molecular complexity index is 1400. The van der Waals surface area contributed by atoms with E-state index in [-0.39, 0.29) is 47.1 Å². The van der Waals surface area contributed by atoms with Crippen LogP contribution in [0.15, 0.2) is 18.2 Å². The van der Waals surface area contributed by atoms with Gasteiger partial charge in [0.25, 0.3) is 0 Å². The van der Waals surface area contributed by atoms with Crippen molar-refractivity contribution < 1.29 is 28.9 Å². The van der Waals surface area contributed by atoms with Crippen molar-refractivity contribution in [1.82, 2.24) is 19.4 Å². The third-order valence-electron chi connectivity index (χ3n) is 6.14. The molecule has 0 saturated carbocycles. The number of hydrogen-bond acceptors (Lipinski definition) is 9. The Balaban J connectivity index is 1.76. The van der Waals surface area contributed by atoms with Crippen LogP contribution < -0.4 is 20.0 Å². The SMILES string of the molecule is CCOc1nn2c(=N)n(CC(=O)c3cc(N4CCOCC4)c(OC)c(C(C)(C)C)c3)nc2cc1C(=O)O. The molecule has 1 aliphatic rings. The number of hydrogen-bond donors (Lipinski definition) is 2. The maximum Gasteiger partial charge on any atom is 0.341 e. The van der Waals surface area contributed by atoms with E-state index >= 15 is 0 Å². The number of carbonyl (C=O) groups excluding carboxylic acids is 1. The number of ether oxygens (including phenoxy) is 3. The van der Waals surface area contributed by atoms with Crippen molar-refractivity contribution in [3.05, 3.63) is 40.5 Å². The van der Waals surface area contributed by atoms with Gasteiger partial charge in [-0.15, -0.1) is 10.2 Å². The van der Waals surface area contributed by atoms with Gasteiger partial charge in [0.2, 0.25) is 11.5 Å². The summed E-state index contributed by atoms with van der Waals surface area (Å²) in [6, 6.07) is 4.93. The van der Waals surface area contributed by atoms with Crippen molar-refractivity contribution in [3.8, 4) is 11.6 Å². The molecule has 1 fully saturated rings. The number of aromatic carboxylic acids is 1. The number of nitrogens with one attached hydrogen (secondary N) is 1. The van der Waals surface area contributed by atoms with Crippen molar-refractivity contribution in [3.63, 3.8) is 0 Å². The molecule has 0 bridgehead atoms. The first kappa shape index (κ1) is 26.1. The van der Waals surface area contributed by atoms with Crippen LogP contribution in [0.2, 0.25) is 0 Å². The van der Waals surface area contributed by atoms with Crippen molar-refractivity contribution in [1.29, 1.82) is 5.41 Å². The van der Waals surface area contributed by atoms with E-state index < -0.39 is 5.97 Å². The second-order valence-electron chi connectivity index (χ2n) is 9.70. The molecule has 0 unspecified atom stereocenters. The van der Waals surface area contributed by atoms with E-state index in [1.54, 1.807) is 14.0 Å². The number of anilines is 1. The molecule has 0 aliphatic carbocycles. The molecule has 3 heterocycles.